The summed E-state index contributed by atoms with van der Waals surface area (Å²) in [7, 11) is 0. The average Bonchev–Trinajstić information content (AvgIpc) is 3.17. The number of aromatic nitrogens is 2. The maximum absolute atomic E-state index is 6.03. The predicted molar refractivity (Wildman–Crippen MR) is 86.0 cm³/mol. The van der Waals surface area contributed by atoms with E-state index in [9.17, 15) is 0 Å². The lowest BCUT2D eigenvalue weighted by Gasteiger charge is -2.36. The van der Waals surface area contributed by atoms with Crippen molar-refractivity contribution in [3.8, 4) is 5.75 Å². The molecule has 2 saturated heterocycles. The standard InChI is InChI=1S/C16H20N4OS/c1-2-16(22-5-1)11-19-3-4-20-10-14(6-13(20)9-19)21-15-7-17-12-18-8-15/h1-2,5,7-8,12-14H,3-4,6,9-11H2/t13-,14-/m0/s1. The number of hydrogen-bond donors (Lipinski definition) is 0. The van der Waals surface area contributed by atoms with Gasteiger partial charge in [-0.1, -0.05) is 6.07 Å². The third kappa shape index (κ3) is 3.14. The molecule has 2 fully saturated rings. The summed E-state index contributed by atoms with van der Waals surface area (Å²) in [6, 6.07) is 4.98. The molecule has 0 aromatic carbocycles. The lowest BCUT2D eigenvalue weighted by atomic mass is 10.1. The highest BCUT2D eigenvalue weighted by Gasteiger charge is 2.37. The van der Waals surface area contributed by atoms with Gasteiger partial charge in [0.25, 0.3) is 0 Å². The zero-order valence-electron chi connectivity index (χ0n) is 12.5. The highest BCUT2D eigenvalue weighted by molar-refractivity contribution is 7.09. The van der Waals surface area contributed by atoms with Crippen LogP contribution in [0.2, 0.25) is 0 Å². The van der Waals surface area contributed by atoms with Gasteiger partial charge in [0.15, 0.2) is 5.75 Å². The Morgan fingerprint density at radius 3 is 2.95 bits per heavy atom. The molecule has 6 heteroatoms. The Balaban J connectivity index is 1.33. The number of thiophene rings is 1. The van der Waals surface area contributed by atoms with Gasteiger partial charge in [-0.2, -0.15) is 0 Å². The number of fused-ring (bicyclic) bond motifs is 1. The summed E-state index contributed by atoms with van der Waals surface area (Å²) < 4.78 is 6.03. The molecule has 2 aromatic heterocycles. The second-order valence-corrected chi connectivity index (χ2v) is 7.05. The van der Waals surface area contributed by atoms with Gasteiger partial charge in [-0.05, 0) is 11.4 Å². The molecule has 0 bridgehead atoms. The van der Waals surface area contributed by atoms with Gasteiger partial charge < -0.3 is 4.74 Å². The van der Waals surface area contributed by atoms with Gasteiger partial charge in [-0.15, -0.1) is 11.3 Å². The summed E-state index contributed by atoms with van der Waals surface area (Å²) in [5.74, 6) is 0.780. The van der Waals surface area contributed by atoms with E-state index in [1.165, 1.54) is 11.2 Å². The average molecular weight is 316 g/mol. The maximum Gasteiger partial charge on any atom is 0.156 e. The van der Waals surface area contributed by atoms with Crippen LogP contribution in [0, 0.1) is 0 Å². The van der Waals surface area contributed by atoms with Crippen molar-refractivity contribution in [2.45, 2.75) is 25.1 Å². The summed E-state index contributed by atoms with van der Waals surface area (Å²) in [6.45, 7) is 5.53. The van der Waals surface area contributed by atoms with Crippen molar-refractivity contribution < 1.29 is 4.74 Å². The molecule has 0 saturated carbocycles. The van der Waals surface area contributed by atoms with Crippen molar-refractivity contribution in [2.75, 3.05) is 26.2 Å². The van der Waals surface area contributed by atoms with Crippen LogP contribution in [0.4, 0.5) is 0 Å². The molecule has 2 aliphatic rings. The molecule has 2 aliphatic heterocycles. The largest absolute Gasteiger partial charge is 0.486 e. The molecule has 4 rings (SSSR count). The lowest BCUT2D eigenvalue weighted by molar-refractivity contribution is 0.0985. The molecule has 2 atom stereocenters. The van der Waals surface area contributed by atoms with E-state index >= 15 is 0 Å². The number of ether oxygens (including phenoxy) is 1. The topological polar surface area (TPSA) is 41.5 Å². The maximum atomic E-state index is 6.03. The molecule has 116 valence electrons. The lowest BCUT2D eigenvalue weighted by Crippen LogP contribution is -2.49. The van der Waals surface area contributed by atoms with E-state index in [1.54, 1.807) is 12.4 Å². The van der Waals surface area contributed by atoms with Crippen LogP contribution in [0.5, 0.6) is 5.75 Å². The Labute approximate surface area is 134 Å². The molecule has 0 radical (unpaired) electrons. The van der Waals surface area contributed by atoms with Crippen LogP contribution in [0.25, 0.3) is 0 Å². The molecular weight excluding hydrogens is 296 g/mol. The van der Waals surface area contributed by atoms with Crippen molar-refractivity contribution in [3.05, 3.63) is 41.1 Å². The fourth-order valence-electron chi connectivity index (χ4n) is 3.45. The van der Waals surface area contributed by atoms with Gasteiger partial charge in [-0.3, -0.25) is 9.80 Å². The normalized spacial score (nSPS) is 26.0. The first-order valence-corrected chi connectivity index (χ1v) is 8.65. The Hall–Kier alpha value is -1.50. The van der Waals surface area contributed by atoms with Crippen LogP contribution in [0.3, 0.4) is 0 Å². The van der Waals surface area contributed by atoms with Gasteiger partial charge in [0.2, 0.25) is 0 Å². The Morgan fingerprint density at radius 2 is 2.14 bits per heavy atom. The predicted octanol–water partition coefficient (Wildman–Crippen LogP) is 1.88. The third-order valence-corrected chi connectivity index (χ3v) is 5.32. The first kappa shape index (κ1) is 14.1. The van der Waals surface area contributed by atoms with Gasteiger partial charge in [0.05, 0.1) is 12.4 Å². The number of rotatable bonds is 4. The third-order valence-electron chi connectivity index (χ3n) is 4.46. The minimum absolute atomic E-state index is 0.262. The molecule has 0 unspecified atom stereocenters. The first-order valence-electron chi connectivity index (χ1n) is 7.77. The minimum atomic E-state index is 0.262. The fourth-order valence-corrected chi connectivity index (χ4v) is 4.20. The molecule has 0 amide bonds. The zero-order valence-corrected chi connectivity index (χ0v) is 13.3. The Morgan fingerprint density at radius 1 is 1.23 bits per heavy atom. The van der Waals surface area contributed by atoms with Crippen molar-refractivity contribution >= 4 is 11.3 Å². The second-order valence-electron chi connectivity index (χ2n) is 6.01. The minimum Gasteiger partial charge on any atom is -0.486 e. The van der Waals surface area contributed by atoms with Gasteiger partial charge in [0, 0.05) is 50.1 Å². The van der Waals surface area contributed by atoms with E-state index in [-0.39, 0.29) is 6.10 Å². The van der Waals surface area contributed by atoms with Crippen LogP contribution >= 0.6 is 11.3 Å². The molecule has 5 nitrogen and oxygen atoms in total. The number of nitrogens with zero attached hydrogens (tertiary/aromatic N) is 4. The molecule has 2 aromatic rings. The van der Waals surface area contributed by atoms with Crippen molar-refractivity contribution in [3.63, 3.8) is 0 Å². The molecule has 0 N–H and O–H groups in total. The first-order chi connectivity index (χ1) is 10.9. The van der Waals surface area contributed by atoms with E-state index in [1.807, 2.05) is 11.3 Å². The summed E-state index contributed by atoms with van der Waals surface area (Å²) in [5, 5.41) is 2.16. The summed E-state index contributed by atoms with van der Waals surface area (Å²) in [6.07, 6.45) is 6.38. The number of piperazine rings is 1. The Bertz CT molecular complexity index is 591. The van der Waals surface area contributed by atoms with Gasteiger partial charge >= 0.3 is 0 Å². The Kier molecular flexibility index (Phi) is 4.05. The van der Waals surface area contributed by atoms with Gasteiger partial charge in [-0.25, -0.2) is 9.97 Å². The quantitative estimate of drug-likeness (QED) is 0.861. The van der Waals surface area contributed by atoms with Crippen LogP contribution in [-0.2, 0) is 6.54 Å². The van der Waals surface area contributed by atoms with Crippen molar-refractivity contribution in [1.29, 1.82) is 0 Å². The van der Waals surface area contributed by atoms with Gasteiger partial charge in [0.1, 0.15) is 12.4 Å². The monoisotopic (exact) mass is 316 g/mol. The smallest absolute Gasteiger partial charge is 0.156 e. The second kappa shape index (κ2) is 6.32. The fraction of sp³-hybridized carbons (Fsp3) is 0.500. The number of hydrogen-bond acceptors (Lipinski definition) is 6. The van der Waals surface area contributed by atoms with Crippen LogP contribution in [-0.4, -0.2) is 58.1 Å². The molecule has 22 heavy (non-hydrogen) atoms. The van der Waals surface area contributed by atoms with E-state index in [0.717, 1.165) is 44.9 Å². The zero-order chi connectivity index (χ0) is 14.8. The van der Waals surface area contributed by atoms with Crippen LogP contribution in [0.15, 0.2) is 36.2 Å². The van der Waals surface area contributed by atoms with Crippen molar-refractivity contribution in [1.82, 2.24) is 19.8 Å². The molecule has 0 spiro atoms. The summed E-state index contributed by atoms with van der Waals surface area (Å²) >= 11 is 1.85. The van der Waals surface area contributed by atoms with Crippen molar-refractivity contribution in [2.24, 2.45) is 0 Å². The van der Waals surface area contributed by atoms with E-state index < -0.39 is 0 Å². The molecule has 0 aliphatic carbocycles. The highest BCUT2D eigenvalue weighted by Crippen LogP contribution is 2.26. The summed E-state index contributed by atoms with van der Waals surface area (Å²) in [4.78, 5) is 14.6. The SMILES string of the molecule is c1csc(CN2CCN3C[C@@H](Oc4cncnc4)C[C@H]3C2)c1. The molecule has 4 heterocycles. The van der Waals surface area contributed by atoms with E-state index in [4.69, 9.17) is 4.74 Å². The summed E-state index contributed by atoms with van der Waals surface area (Å²) in [5.41, 5.74) is 0. The molecular formula is C16H20N4OS. The van der Waals surface area contributed by atoms with Crippen LogP contribution in [0.1, 0.15) is 11.3 Å². The van der Waals surface area contributed by atoms with E-state index in [0.29, 0.717) is 6.04 Å². The highest BCUT2D eigenvalue weighted by atomic mass is 32.1. The van der Waals surface area contributed by atoms with Crippen LogP contribution < -0.4 is 4.74 Å². The van der Waals surface area contributed by atoms with E-state index in [2.05, 4.69) is 37.3 Å².